The molecule has 0 bridgehead atoms. The van der Waals surface area contributed by atoms with Gasteiger partial charge in [0.1, 0.15) is 4.21 Å². The summed E-state index contributed by atoms with van der Waals surface area (Å²) >= 11 is 7.04. The van der Waals surface area contributed by atoms with Gasteiger partial charge in [-0.2, -0.15) is 4.31 Å². The van der Waals surface area contributed by atoms with Crippen molar-refractivity contribution >= 4 is 33.0 Å². The Morgan fingerprint density at radius 2 is 1.85 bits per heavy atom. The van der Waals surface area contributed by atoms with Crippen LogP contribution in [0, 0.1) is 5.41 Å². The highest BCUT2D eigenvalue weighted by Gasteiger charge is 2.36. The van der Waals surface area contributed by atoms with E-state index in [2.05, 4.69) is 13.8 Å². The molecule has 1 aromatic heterocycles. The summed E-state index contributed by atoms with van der Waals surface area (Å²) in [6.07, 6.45) is 4.19. The summed E-state index contributed by atoms with van der Waals surface area (Å²) in [7, 11) is -3.32. The topological polar surface area (TPSA) is 37.4 Å². The second-order valence-corrected chi connectivity index (χ2v) is 9.07. The van der Waals surface area contributed by atoms with Crippen LogP contribution in [0.5, 0.6) is 0 Å². The number of thiophene rings is 1. The first-order valence-corrected chi connectivity index (χ1v) is 9.91. The standard InChI is InChI=1S/C14H22ClNO2S2/c1-3-14(4-2)7-9-16(10-8-14)20(17,18)13-6-5-12(11-15)19-13/h5-6H,3-4,7-11H2,1-2H3. The highest BCUT2D eigenvalue weighted by molar-refractivity contribution is 7.91. The molecule has 0 saturated carbocycles. The van der Waals surface area contributed by atoms with E-state index in [0.29, 0.717) is 28.6 Å². The summed E-state index contributed by atoms with van der Waals surface area (Å²) in [5.41, 5.74) is 0.336. The molecule has 0 aromatic carbocycles. The number of sulfonamides is 1. The Hall–Kier alpha value is -0.100. The van der Waals surface area contributed by atoms with Crippen LogP contribution >= 0.6 is 22.9 Å². The van der Waals surface area contributed by atoms with Crippen LogP contribution in [0.3, 0.4) is 0 Å². The van der Waals surface area contributed by atoms with Crippen molar-refractivity contribution < 1.29 is 8.42 Å². The normalized spacial score (nSPS) is 20.1. The lowest BCUT2D eigenvalue weighted by molar-refractivity contribution is 0.142. The average molecular weight is 336 g/mol. The summed E-state index contributed by atoms with van der Waals surface area (Å²) in [6.45, 7) is 5.69. The zero-order valence-corrected chi connectivity index (χ0v) is 14.5. The molecule has 0 radical (unpaired) electrons. The Kier molecular flexibility index (Phi) is 5.16. The quantitative estimate of drug-likeness (QED) is 0.760. The number of hydrogen-bond donors (Lipinski definition) is 0. The molecule has 6 heteroatoms. The molecule has 0 unspecified atom stereocenters. The third-order valence-corrected chi connectivity index (χ3v) is 8.54. The Labute approximate surface area is 131 Å². The van der Waals surface area contributed by atoms with Gasteiger partial charge in [0.2, 0.25) is 0 Å². The maximum absolute atomic E-state index is 12.6. The monoisotopic (exact) mass is 335 g/mol. The van der Waals surface area contributed by atoms with Gasteiger partial charge in [0.15, 0.2) is 0 Å². The molecule has 1 fully saturated rings. The molecule has 114 valence electrons. The van der Waals surface area contributed by atoms with Crippen molar-refractivity contribution in [2.24, 2.45) is 5.41 Å². The fourth-order valence-electron chi connectivity index (χ4n) is 2.85. The molecule has 2 rings (SSSR count). The van der Waals surface area contributed by atoms with Gasteiger partial charge in [-0.15, -0.1) is 22.9 Å². The molecular weight excluding hydrogens is 314 g/mol. The molecule has 0 spiro atoms. The predicted octanol–water partition coefficient (Wildman–Crippen LogP) is 4.08. The van der Waals surface area contributed by atoms with Crippen molar-refractivity contribution in [2.45, 2.75) is 49.6 Å². The van der Waals surface area contributed by atoms with Gasteiger partial charge < -0.3 is 0 Å². The predicted molar refractivity (Wildman–Crippen MR) is 84.9 cm³/mol. The summed E-state index contributed by atoms with van der Waals surface area (Å²) in [5.74, 6) is 0.370. The molecule has 0 amide bonds. The largest absolute Gasteiger partial charge is 0.252 e. The van der Waals surface area contributed by atoms with Gasteiger partial charge in [-0.25, -0.2) is 8.42 Å². The van der Waals surface area contributed by atoms with Crippen LogP contribution in [0.1, 0.15) is 44.4 Å². The van der Waals surface area contributed by atoms with E-state index in [-0.39, 0.29) is 0 Å². The van der Waals surface area contributed by atoms with Crippen molar-refractivity contribution in [1.29, 1.82) is 0 Å². The molecule has 0 atom stereocenters. The number of halogens is 1. The van der Waals surface area contributed by atoms with E-state index >= 15 is 0 Å². The first-order chi connectivity index (χ1) is 9.47. The minimum Gasteiger partial charge on any atom is -0.206 e. The third kappa shape index (κ3) is 3.06. The van der Waals surface area contributed by atoms with Crippen LogP contribution in [0.2, 0.25) is 0 Å². The van der Waals surface area contributed by atoms with E-state index in [4.69, 9.17) is 11.6 Å². The van der Waals surface area contributed by atoms with Crippen molar-refractivity contribution in [3.63, 3.8) is 0 Å². The molecule has 0 aliphatic carbocycles. The molecule has 3 nitrogen and oxygen atoms in total. The molecule has 1 aliphatic rings. The Morgan fingerprint density at radius 3 is 2.30 bits per heavy atom. The molecule has 1 saturated heterocycles. The van der Waals surface area contributed by atoms with Crippen molar-refractivity contribution in [3.05, 3.63) is 17.0 Å². The van der Waals surface area contributed by atoms with E-state index < -0.39 is 10.0 Å². The lowest BCUT2D eigenvalue weighted by Crippen LogP contribution is -2.42. The van der Waals surface area contributed by atoms with Crippen LogP contribution in [0.4, 0.5) is 0 Å². The average Bonchev–Trinajstić information content (AvgIpc) is 2.97. The molecule has 2 heterocycles. The van der Waals surface area contributed by atoms with E-state index in [9.17, 15) is 8.42 Å². The molecule has 1 aromatic rings. The van der Waals surface area contributed by atoms with Gasteiger partial charge in [-0.1, -0.05) is 26.7 Å². The maximum Gasteiger partial charge on any atom is 0.252 e. The SMILES string of the molecule is CCC1(CC)CCN(S(=O)(=O)c2ccc(CCl)s2)CC1. The minimum absolute atomic E-state index is 0.336. The molecule has 20 heavy (non-hydrogen) atoms. The van der Waals surface area contributed by atoms with E-state index in [0.717, 1.165) is 30.6 Å². The van der Waals surface area contributed by atoms with E-state index in [1.807, 2.05) is 0 Å². The number of hydrogen-bond acceptors (Lipinski definition) is 3. The summed E-state index contributed by atoms with van der Waals surface area (Å²) in [5, 5.41) is 0. The van der Waals surface area contributed by atoms with Crippen LogP contribution in [-0.2, 0) is 15.9 Å². The first-order valence-electron chi connectivity index (χ1n) is 7.12. The fraction of sp³-hybridized carbons (Fsp3) is 0.714. The van der Waals surface area contributed by atoms with Gasteiger partial charge in [-0.3, -0.25) is 0 Å². The number of alkyl halides is 1. The zero-order chi connectivity index (χ0) is 14.8. The van der Waals surface area contributed by atoms with Gasteiger partial charge in [0.25, 0.3) is 10.0 Å². The zero-order valence-electron chi connectivity index (χ0n) is 12.1. The third-order valence-electron chi connectivity index (χ3n) is 4.65. The molecule has 1 aliphatic heterocycles. The summed E-state index contributed by atoms with van der Waals surface area (Å²) < 4.78 is 27.3. The Morgan fingerprint density at radius 1 is 1.25 bits per heavy atom. The van der Waals surface area contributed by atoms with Crippen LogP contribution in [0.25, 0.3) is 0 Å². The number of piperidine rings is 1. The summed E-state index contributed by atoms with van der Waals surface area (Å²) in [4.78, 5) is 0.902. The minimum atomic E-state index is -3.32. The molecule has 0 N–H and O–H groups in total. The highest BCUT2D eigenvalue weighted by atomic mass is 35.5. The van der Waals surface area contributed by atoms with Crippen molar-refractivity contribution in [3.8, 4) is 0 Å². The lowest BCUT2D eigenvalue weighted by atomic mass is 9.75. The fourth-order valence-corrected chi connectivity index (χ4v) is 5.91. The Balaban J connectivity index is 2.13. The van der Waals surface area contributed by atoms with Crippen molar-refractivity contribution in [2.75, 3.05) is 13.1 Å². The van der Waals surface area contributed by atoms with E-state index in [1.54, 1.807) is 16.4 Å². The maximum atomic E-state index is 12.6. The van der Waals surface area contributed by atoms with Gasteiger partial charge in [0, 0.05) is 18.0 Å². The van der Waals surface area contributed by atoms with Crippen molar-refractivity contribution in [1.82, 2.24) is 4.31 Å². The van der Waals surface area contributed by atoms with Gasteiger partial charge >= 0.3 is 0 Å². The second kappa shape index (κ2) is 6.34. The molecular formula is C14H22ClNO2S2. The van der Waals surface area contributed by atoms with E-state index in [1.165, 1.54) is 11.3 Å². The van der Waals surface area contributed by atoms with Crippen LogP contribution in [0.15, 0.2) is 16.3 Å². The first kappa shape index (κ1) is 16.3. The second-order valence-electron chi connectivity index (χ2n) is 5.47. The van der Waals surface area contributed by atoms with Crippen LogP contribution in [-0.4, -0.2) is 25.8 Å². The Bertz CT molecular complexity index is 539. The number of rotatable bonds is 5. The smallest absolute Gasteiger partial charge is 0.206 e. The summed E-state index contributed by atoms with van der Waals surface area (Å²) in [6, 6.07) is 3.48. The van der Waals surface area contributed by atoms with Crippen LogP contribution < -0.4 is 0 Å². The number of nitrogens with zero attached hydrogens (tertiary/aromatic N) is 1. The highest BCUT2D eigenvalue weighted by Crippen LogP contribution is 2.39. The van der Waals surface area contributed by atoms with Gasteiger partial charge in [-0.05, 0) is 30.4 Å². The van der Waals surface area contributed by atoms with Gasteiger partial charge in [0.05, 0.1) is 5.88 Å². The lowest BCUT2D eigenvalue weighted by Gasteiger charge is -2.40.